The Morgan fingerprint density at radius 2 is 1.64 bits per heavy atom. The largest absolute Gasteiger partial charge is 0.495 e. The number of methoxy groups -OCH3 is 1. The lowest BCUT2D eigenvalue weighted by Gasteiger charge is -2.15. The zero-order chi connectivity index (χ0) is 31.0. The van der Waals surface area contributed by atoms with Gasteiger partial charge in [-0.3, -0.25) is 18.7 Å². The molecular weight excluding hydrogens is 609 g/mol. The third-order valence-electron chi connectivity index (χ3n) is 6.04. The fourth-order valence-electron chi connectivity index (χ4n) is 4.04. The Morgan fingerprint density at radius 3 is 2.21 bits per heavy atom. The van der Waals surface area contributed by atoms with Gasteiger partial charge in [-0.2, -0.15) is 27.1 Å². The van der Waals surface area contributed by atoms with Crippen molar-refractivity contribution in [1.29, 1.82) is 0 Å². The first-order chi connectivity index (χ1) is 19.6. The van der Waals surface area contributed by atoms with Gasteiger partial charge in [0, 0.05) is 11.6 Å². The SMILES string of the molecule is COc1cc(S(=O)(=O)O)c(C)cc1NC(=O)[C@H](N=Nc1ccc(-c2nc3ccc(C)c(S(=O)(=O)O)c3s2)cc1)C(C)=O. The number of nitrogens with zero attached hydrogens (tertiary/aromatic N) is 3. The van der Waals surface area contributed by atoms with Gasteiger partial charge >= 0.3 is 0 Å². The van der Waals surface area contributed by atoms with E-state index in [0.29, 0.717) is 32.0 Å². The number of benzene rings is 3. The van der Waals surface area contributed by atoms with Crippen molar-refractivity contribution in [2.75, 3.05) is 12.4 Å². The van der Waals surface area contributed by atoms with Crippen LogP contribution in [0.3, 0.4) is 0 Å². The van der Waals surface area contributed by atoms with Gasteiger partial charge in [0.1, 0.15) is 20.5 Å². The van der Waals surface area contributed by atoms with E-state index in [9.17, 15) is 35.5 Å². The average Bonchev–Trinajstić information content (AvgIpc) is 3.31. The maximum Gasteiger partial charge on any atom is 0.296 e. The minimum absolute atomic E-state index is 0.0568. The third kappa shape index (κ3) is 6.52. The van der Waals surface area contributed by atoms with Crippen LogP contribution in [0.5, 0.6) is 5.75 Å². The number of nitrogens with one attached hydrogen (secondary N) is 1. The monoisotopic (exact) mass is 632 g/mol. The van der Waals surface area contributed by atoms with Crippen molar-refractivity contribution < 1.29 is 40.3 Å². The summed E-state index contributed by atoms with van der Waals surface area (Å²) in [5.41, 5.74) is 1.93. The molecule has 1 aromatic heterocycles. The van der Waals surface area contributed by atoms with Crippen LogP contribution in [0, 0.1) is 13.8 Å². The highest BCUT2D eigenvalue weighted by Crippen LogP contribution is 2.36. The summed E-state index contributed by atoms with van der Waals surface area (Å²) in [6, 6.07) is 10.4. The number of carbonyl (C=O) groups excluding carboxylic acids is 2. The third-order valence-corrected chi connectivity index (χ3v) is 9.34. The maximum absolute atomic E-state index is 12.9. The molecule has 3 N–H and O–H groups in total. The van der Waals surface area contributed by atoms with Crippen molar-refractivity contribution in [3.05, 3.63) is 59.7 Å². The molecule has 0 radical (unpaired) electrons. The minimum Gasteiger partial charge on any atom is -0.495 e. The van der Waals surface area contributed by atoms with E-state index in [1.165, 1.54) is 20.1 Å². The lowest BCUT2D eigenvalue weighted by Crippen LogP contribution is -2.32. The molecule has 0 fully saturated rings. The highest BCUT2D eigenvalue weighted by atomic mass is 32.2. The number of carbonyl (C=O) groups is 2. The number of rotatable bonds is 9. The summed E-state index contributed by atoms with van der Waals surface area (Å²) >= 11 is 1.10. The van der Waals surface area contributed by atoms with Crippen molar-refractivity contribution >= 4 is 64.9 Å². The van der Waals surface area contributed by atoms with Crippen LogP contribution in [0.1, 0.15) is 18.1 Å². The van der Waals surface area contributed by atoms with Crippen molar-refractivity contribution in [2.24, 2.45) is 10.2 Å². The Kier molecular flexibility index (Phi) is 8.56. The molecule has 4 aromatic rings. The molecule has 42 heavy (non-hydrogen) atoms. The Morgan fingerprint density at radius 1 is 0.976 bits per heavy atom. The minimum atomic E-state index is -4.54. The first-order valence-corrected chi connectivity index (χ1v) is 15.7. The Labute approximate surface area is 244 Å². The number of aromatic nitrogens is 1. The highest BCUT2D eigenvalue weighted by molar-refractivity contribution is 7.86. The predicted octanol–water partition coefficient (Wildman–Crippen LogP) is 4.76. The normalized spacial score (nSPS) is 12.9. The molecule has 0 saturated heterocycles. The Bertz CT molecular complexity index is 1970. The van der Waals surface area contributed by atoms with Crippen LogP contribution in [-0.4, -0.2) is 55.8 Å². The van der Waals surface area contributed by atoms with Crippen LogP contribution < -0.4 is 10.1 Å². The second kappa shape index (κ2) is 11.7. The van der Waals surface area contributed by atoms with Crippen LogP contribution in [0.2, 0.25) is 0 Å². The van der Waals surface area contributed by atoms with Gasteiger partial charge in [0.05, 0.1) is 28.7 Å². The number of hydrogen-bond donors (Lipinski definition) is 3. The second-order valence-electron chi connectivity index (χ2n) is 9.11. The van der Waals surface area contributed by atoms with Crippen molar-refractivity contribution in [3.8, 4) is 16.3 Å². The van der Waals surface area contributed by atoms with Gasteiger partial charge in [-0.05, 0) is 68.3 Å². The molecule has 1 atom stereocenters. The number of Topliss-reactive ketones (excluding diaryl/α,β-unsaturated/α-hetero) is 1. The van der Waals surface area contributed by atoms with Gasteiger partial charge in [-0.15, -0.1) is 11.3 Å². The molecular formula is C26H24N4O9S3. The number of ether oxygens (including phenoxy) is 1. The molecule has 1 amide bonds. The zero-order valence-electron chi connectivity index (χ0n) is 22.5. The molecule has 0 aliphatic rings. The van der Waals surface area contributed by atoms with Gasteiger partial charge in [0.2, 0.25) is 6.04 Å². The van der Waals surface area contributed by atoms with Crippen molar-refractivity contribution in [3.63, 3.8) is 0 Å². The molecule has 0 bridgehead atoms. The fraction of sp³-hybridized carbons (Fsp3) is 0.192. The highest BCUT2D eigenvalue weighted by Gasteiger charge is 2.26. The molecule has 0 spiro atoms. The van der Waals surface area contributed by atoms with Gasteiger partial charge in [-0.25, -0.2) is 4.98 Å². The van der Waals surface area contributed by atoms with Gasteiger partial charge in [-0.1, -0.05) is 6.07 Å². The summed E-state index contributed by atoms with van der Waals surface area (Å²) < 4.78 is 71.5. The summed E-state index contributed by atoms with van der Waals surface area (Å²) in [5, 5.41) is 10.9. The molecule has 3 aromatic carbocycles. The van der Waals surface area contributed by atoms with E-state index >= 15 is 0 Å². The summed E-state index contributed by atoms with van der Waals surface area (Å²) in [7, 11) is -7.75. The number of fused-ring (bicyclic) bond motifs is 1. The van der Waals surface area contributed by atoms with Crippen LogP contribution in [0.4, 0.5) is 11.4 Å². The summed E-state index contributed by atoms with van der Waals surface area (Å²) in [6.07, 6.45) is 0. The van der Waals surface area contributed by atoms with Crippen molar-refractivity contribution in [1.82, 2.24) is 4.98 Å². The molecule has 0 aliphatic heterocycles. The fourth-order valence-corrected chi connectivity index (χ4v) is 7.08. The molecule has 16 heteroatoms. The van der Waals surface area contributed by atoms with E-state index in [0.717, 1.165) is 24.3 Å². The van der Waals surface area contributed by atoms with E-state index in [1.54, 1.807) is 43.3 Å². The van der Waals surface area contributed by atoms with Crippen LogP contribution in [0.15, 0.2) is 68.6 Å². The number of amides is 1. The lowest BCUT2D eigenvalue weighted by molar-refractivity contribution is -0.126. The average molecular weight is 633 g/mol. The van der Waals surface area contributed by atoms with Gasteiger partial charge < -0.3 is 10.1 Å². The van der Waals surface area contributed by atoms with E-state index in [2.05, 4.69) is 20.5 Å². The quantitative estimate of drug-likeness (QED) is 0.131. The van der Waals surface area contributed by atoms with E-state index in [-0.39, 0.29) is 21.9 Å². The molecule has 0 aliphatic carbocycles. The van der Waals surface area contributed by atoms with Crippen molar-refractivity contribution in [2.45, 2.75) is 36.6 Å². The van der Waals surface area contributed by atoms with Gasteiger partial charge in [0.15, 0.2) is 5.78 Å². The topological polar surface area (TPSA) is 202 Å². The molecule has 0 unspecified atom stereocenters. The van der Waals surface area contributed by atoms with Crippen LogP contribution >= 0.6 is 11.3 Å². The molecule has 1 heterocycles. The molecule has 0 saturated carbocycles. The Hall–Kier alpha value is -4.09. The summed E-state index contributed by atoms with van der Waals surface area (Å²) in [6.45, 7) is 4.14. The first-order valence-electron chi connectivity index (χ1n) is 12.0. The van der Waals surface area contributed by atoms with E-state index < -0.39 is 42.9 Å². The van der Waals surface area contributed by atoms with Gasteiger partial charge in [0.25, 0.3) is 26.1 Å². The summed E-state index contributed by atoms with van der Waals surface area (Å²) in [4.78, 5) is 29.0. The molecule has 220 valence electrons. The number of ketones is 1. The van der Waals surface area contributed by atoms with E-state index in [4.69, 9.17) is 4.74 Å². The van der Waals surface area contributed by atoms with E-state index in [1.807, 2.05) is 0 Å². The summed E-state index contributed by atoms with van der Waals surface area (Å²) in [5.74, 6) is -1.53. The molecule has 4 rings (SSSR count). The Balaban J connectivity index is 1.57. The smallest absolute Gasteiger partial charge is 0.296 e. The predicted molar refractivity (Wildman–Crippen MR) is 155 cm³/mol. The maximum atomic E-state index is 12.9. The second-order valence-corrected chi connectivity index (χ2v) is 12.9. The lowest BCUT2D eigenvalue weighted by atomic mass is 10.1. The number of anilines is 1. The van der Waals surface area contributed by atoms with Crippen LogP contribution in [-0.2, 0) is 29.8 Å². The standard InChI is InChI=1S/C26H24N4O9S3/c1-13-5-10-18-23(24(13)42(36,37)38)40-26(28-18)16-6-8-17(9-7-16)29-30-22(15(3)31)25(32)27-19-11-14(2)21(41(33,34)35)12-20(19)39-4/h5-12,22H,1-4H3,(H,27,32)(H,33,34,35)(H,36,37,38)/t22-/m1/s1. The number of aryl methyl sites for hydroxylation is 2. The number of thiazole rings is 1. The number of azo groups is 1. The van der Waals surface area contributed by atoms with Crippen LogP contribution in [0.25, 0.3) is 20.8 Å². The molecule has 13 nitrogen and oxygen atoms in total. The number of hydrogen-bond acceptors (Lipinski definition) is 11. The first kappa shape index (κ1) is 30.9. The zero-order valence-corrected chi connectivity index (χ0v) is 25.0.